The van der Waals surface area contributed by atoms with Crippen molar-refractivity contribution in [1.29, 1.82) is 5.26 Å². The molecule has 0 amide bonds. The lowest BCUT2D eigenvalue weighted by molar-refractivity contribution is 0.607. The molecular weight excluding hydrogens is 307 g/mol. The Morgan fingerprint density at radius 1 is 1.26 bits per heavy atom. The molecule has 0 aromatic heterocycles. The van der Waals surface area contributed by atoms with Crippen molar-refractivity contribution in [3.8, 4) is 6.07 Å². The Labute approximate surface area is 120 Å². The van der Waals surface area contributed by atoms with Gasteiger partial charge in [0.1, 0.15) is 11.9 Å². The van der Waals surface area contributed by atoms with Crippen LogP contribution in [0.25, 0.3) is 0 Å². The molecule has 0 atom stereocenters. The molecule has 0 saturated carbocycles. The minimum atomic E-state index is -0.246. The highest BCUT2D eigenvalue weighted by atomic mass is 79.9. The van der Waals surface area contributed by atoms with Gasteiger partial charge in [-0.25, -0.2) is 4.39 Å². The van der Waals surface area contributed by atoms with Gasteiger partial charge >= 0.3 is 0 Å². The molecule has 0 aliphatic heterocycles. The van der Waals surface area contributed by atoms with Gasteiger partial charge in [-0.1, -0.05) is 28.1 Å². The van der Waals surface area contributed by atoms with E-state index < -0.39 is 0 Å². The van der Waals surface area contributed by atoms with Gasteiger partial charge < -0.3 is 4.90 Å². The number of nitriles is 1. The standard InChI is InChI=1S/C15H12BrFN2/c1-19(15-5-3-2-4-11(15)9-18)10-12-8-13(16)6-7-14(12)17/h2-8H,10H2,1H3. The first-order valence-electron chi connectivity index (χ1n) is 5.76. The molecule has 2 aromatic carbocycles. The highest BCUT2D eigenvalue weighted by Crippen LogP contribution is 2.22. The molecule has 0 aliphatic carbocycles. The molecule has 0 unspecified atom stereocenters. The van der Waals surface area contributed by atoms with Crippen LogP contribution in [0.2, 0.25) is 0 Å². The monoisotopic (exact) mass is 318 g/mol. The number of rotatable bonds is 3. The summed E-state index contributed by atoms with van der Waals surface area (Å²) in [6, 6.07) is 14.3. The Hall–Kier alpha value is -1.86. The summed E-state index contributed by atoms with van der Waals surface area (Å²) in [6.07, 6.45) is 0. The molecule has 0 radical (unpaired) electrons. The summed E-state index contributed by atoms with van der Waals surface area (Å²) in [5.74, 6) is -0.246. The van der Waals surface area contributed by atoms with Gasteiger partial charge in [-0.3, -0.25) is 0 Å². The second-order valence-electron chi connectivity index (χ2n) is 4.22. The Morgan fingerprint density at radius 3 is 2.74 bits per heavy atom. The van der Waals surface area contributed by atoms with E-state index in [-0.39, 0.29) is 5.82 Å². The van der Waals surface area contributed by atoms with Crippen molar-refractivity contribution >= 4 is 21.6 Å². The van der Waals surface area contributed by atoms with Gasteiger partial charge in [0.15, 0.2) is 0 Å². The predicted molar refractivity (Wildman–Crippen MR) is 77.4 cm³/mol. The van der Waals surface area contributed by atoms with Gasteiger partial charge in [0, 0.05) is 23.6 Å². The van der Waals surface area contributed by atoms with Crippen LogP contribution in [0.3, 0.4) is 0 Å². The van der Waals surface area contributed by atoms with Crippen molar-refractivity contribution in [2.24, 2.45) is 0 Å². The van der Waals surface area contributed by atoms with E-state index in [1.807, 2.05) is 30.1 Å². The largest absolute Gasteiger partial charge is 0.369 e. The molecule has 0 fully saturated rings. The number of para-hydroxylation sites is 1. The van der Waals surface area contributed by atoms with Gasteiger partial charge in [0.25, 0.3) is 0 Å². The van der Waals surface area contributed by atoms with Crippen LogP contribution in [0.5, 0.6) is 0 Å². The number of anilines is 1. The molecule has 2 nitrogen and oxygen atoms in total. The summed E-state index contributed by atoms with van der Waals surface area (Å²) in [6.45, 7) is 0.407. The Morgan fingerprint density at radius 2 is 2.00 bits per heavy atom. The fraction of sp³-hybridized carbons (Fsp3) is 0.133. The molecule has 2 aromatic rings. The Bertz CT molecular complexity index is 634. The lowest BCUT2D eigenvalue weighted by Crippen LogP contribution is -2.18. The zero-order chi connectivity index (χ0) is 13.8. The summed E-state index contributed by atoms with van der Waals surface area (Å²) in [7, 11) is 1.84. The summed E-state index contributed by atoms with van der Waals surface area (Å²) in [5.41, 5.74) is 1.97. The zero-order valence-corrected chi connectivity index (χ0v) is 12.0. The first kappa shape index (κ1) is 13.6. The van der Waals surface area contributed by atoms with Crippen LogP contribution in [-0.4, -0.2) is 7.05 Å². The molecule has 96 valence electrons. The third kappa shape index (κ3) is 3.12. The van der Waals surface area contributed by atoms with Crippen LogP contribution in [0.4, 0.5) is 10.1 Å². The second kappa shape index (κ2) is 5.85. The topological polar surface area (TPSA) is 27.0 Å². The van der Waals surface area contributed by atoms with E-state index in [9.17, 15) is 4.39 Å². The van der Waals surface area contributed by atoms with Crippen molar-refractivity contribution in [3.63, 3.8) is 0 Å². The van der Waals surface area contributed by atoms with E-state index in [2.05, 4.69) is 22.0 Å². The maximum atomic E-state index is 13.7. The second-order valence-corrected chi connectivity index (χ2v) is 5.14. The lowest BCUT2D eigenvalue weighted by atomic mass is 10.1. The molecule has 0 heterocycles. The van der Waals surface area contributed by atoms with Gasteiger partial charge in [0.05, 0.1) is 11.3 Å². The summed E-state index contributed by atoms with van der Waals surface area (Å²) >= 11 is 3.33. The quantitative estimate of drug-likeness (QED) is 0.852. The number of hydrogen-bond acceptors (Lipinski definition) is 2. The summed E-state index contributed by atoms with van der Waals surface area (Å²) in [4.78, 5) is 1.86. The Balaban J connectivity index is 2.28. The highest BCUT2D eigenvalue weighted by molar-refractivity contribution is 9.10. The maximum Gasteiger partial charge on any atom is 0.128 e. The van der Waals surface area contributed by atoms with Crippen molar-refractivity contribution in [2.75, 3.05) is 11.9 Å². The van der Waals surface area contributed by atoms with Crippen molar-refractivity contribution in [1.82, 2.24) is 0 Å². The average Bonchev–Trinajstić information content (AvgIpc) is 2.42. The van der Waals surface area contributed by atoms with Gasteiger partial charge in [-0.05, 0) is 30.3 Å². The van der Waals surface area contributed by atoms with Gasteiger partial charge in [0.2, 0.25) is 0 Å². The van der Waals surface area contributed by atoms with Gasteiger partial charge in [-0.2, -0.15) is 5.26 Å². The van der Waals surface area contributed by atoms with Crippen LogP contribution in [-0.2, 0) is 6.54 Å². The zero-order valence-electron chi connectivity index (χ0n) is 10.4. The Kier molecular flexibility index (Phi) is 4.18. The van der Waals surface area contributed by atoms with E-state index in [0.29, 0.717) is 17.7 Å². The third-order valence-corrected chi connectivity index (χ3v) is 3.34. The third-order valence-electron chi connectivity index (χ3n) is 2.85. The molecular formula is C15H12BrFN2. The number of halogens is 2. The van der Waals surface area contributed by atoms with Crippen LogP contribution in [0.15, 0.2) is 46.9 Å². The minimum absolute atomic E-state index is 0.246. The molecule has 0 N–H and O–H groups in total. The van der Waals surface area contributed by atoms with Crippen LogP contribution >= 0.6 is 15.9 Å². The maximum absolute atomic E-state index is 13.7. The number of hydrogen-bond donors (Lipinski definition) is 0. The normalized spacial score (nSPS) is 10.0. The SMILES string of the molecule is CN(Cc1cc(Br)ccc1F)c1ccccc1C#N. The van der Waals surface area contributed by atoms with Crippen LogP contribution < -0.4 is 4.90 Å². The fourth-order valence-electron chi connectivity index (χ4n) is 1.91. The van der Waals surface area contributed by atoms with Crippen molar-refractivity contribution in [2.45, 2.75) is 6.54 Å². The van der Waals surface area contributed by atoms with Crippen molar-refractivity contribution < 1.29 is 4.39 Å². The van der Waals surface area contributed by atoms with Crippen LogP contribution in [0.1, 0.15) is 11.1 Å². The molecule has 0 spiro atoms. The average molecular weight is 319 g/mol. The first-order valence-corrected chi connectivity index (χ1v) is 6.55. The number of nitrogens with zero attached hydrogens (tertiary/aromatic N) is 2. The summed E-state index contributed by atoms with van der Waals surface area (Å²) in [5, 5.41) is 9.07. The molecule has 0 saturated heterocycles. The van der Waals surface area contributed by atoms with Crippen LogP contribution in [0, 0.1) is 17.1 Å². The van der Waals surface area contributed by atoms with E-state index in [1.165, 1.54) is 6.07 Å². The van der Waals surface area contributed by atoms with E-state index in [4.69, 9.17) is 5.26 Å². The van der Waals surface area contributed by atoms with E-state index in [1.54, 1.807) is 18.2 Å². The van der Waals surface area contributed by atoms with Crippen molar-refractivity contribution in [3.05, 3.63) is 63.9 Å². The molecule has 19 heavy (non-hydrogen) atoms. The van der Waals surface area contributed by atoms with Gasteiger partial charge in [-0.15, -0.1) is 0 Å². The van der Waals surface area contributed by atoms with E-state index >= 15 is 0 Å². The summed E-state index contributed by atoms with van der Waals surface area (Å²) < 4.78 is 14.6. The van der Waals surface area contributed by atoms with E-state index in [0.717, 1.165) is 10.2 Å². The number of benzene rings is 2. The predicted octanol–water partition coefficient (Wildman–Crippen LogP) is 4.10. The first-order chi connectivity index (χ1) is 9.11. The highest BCUT2D eigenvalue weighted by Gasteiger charge is 2.10. The molecule has 4 heteroatoms. The fourth-order valence-corrected chi connectivity index (χ4v) is 2.31. The lowest BCUT2D eigenvalue weighted by Gasteiger charge is -2.21. The molecule has 0 aliphatic rings. The molecule has 2 rings (SSSR count). The minimum Gasteiger partial charge on any atom is -0.369 e. The smallest absolute Gasteiger partial charge is 0.128 e. The molecule has 0 bridgehead atoms.